The van der Waals surface area contributed by atoms with Gasteiger partial charge in [-0.1, -0.05) is 0 Å². The molecule has 2 rings (SSSR count). The van der Waals surface area contributed by atoms with Crippen LogP contribution in [0.2, 0.25) is 0 Å². The summed E-state index contributed by atoms with van der Waals surface area (Å²) >= 11 is 0. The number of anilines is 1. The second kappa shape index (κ2) is 5.55. The Morgan fingerprint density at radius 2 is 1.21 bits per heavy atom. The van der Waals surface area contributed by atoms with Gasteiger partial charge in [-0.2, -0.15) is 44.6 Å². The Balaban J connectivity index is 2.63. The third-order valence-electron chi connectivity index (χ3n) is 3.06. The monoisotopic (exact) mass is 365 g/mol. The molecule has 1 heterocycles. The third-order valence-corrected chi connectivity index (χ3v) is 3.06. The van der Waals surface area contributed by atoms with Crippen molar-refractivity contribution >= 4 is 5.69 Å². The molecule has 0 fully saturated rings. The van der Waals surface area contributed by atoms with Crippen LogP contribution in [0.4, 0.5) is 45.2 Å². The lowest BCUT2D eigenvalue weighted by molar-refractivity contribution is -0.143. The van der Waals surface area contributed by atoms with Gasteiger partial charge in [-0.3, -0.25) is 5.01 Å². The molecule has 0 saturated heterocycles. The molecule has 0 amide bonds. The normalized spacial score (nSPS) is 17.4. The van der Waals surface area contributed by atoms with Crippen LogP contribution in [0.1, 0.15) is 11.1 Å². The number of allylic oxidation sites excluding steroid dienone is 1. The van der Waals surface area contributed by atoms with Crippen molar-refractivity contribution in [2.75, 3.05) is 11.6 Å². The van der Waals surface area contributed by atoms with E-state index in [2.05, 4.69) is 0 Å². The lowest BCUT2D eigenvalue weighted by atomic mass is 10.1. The number of alkyl halides is 9. The molecule has 0 unspecified atom stereocenters. The average Bonchev–Trinajstić information content (AvgIpc) is 2.78. The highest BCUT2D eigenvalue weighted by Gasteiger charge is 2.44. The van der Waals surface area contributed by atoms with E-state index in [1.54, 1.807) is 0 Å². The first-order valence-electron chi connectivity index (χ1n) is 6.10. The molecule has 0 bridgehead atoms. The molecular weight excluding hydrogens is 357 g/mol. The van der Waals surface area contributed by atoms with Crippen molar-refractivity contribution in [2.45, 2.75) is 18.5 Å². The zero-order valence-electron chi connectivity index (χ0n) is 11.4. The van der Waals surface area contributed by atoms with Crippen molar-refractivity contribution in [3.05, 3.63) is 41.1 Å². The van der Waals surface area contributed by atoms with Gasteiger partial charge in [0.25, 0.3) is 0 Å². The van der Waals surface area contributed by atoms with Gasteiger partial charge >= 0.3 is 18.5 Å². The molecule has 1 aromatic rings. The lowest BCUT2D eigenvalue weighted by Gasteiger charge is -2.30. The smallest absolute Gasteiger partial charge is 0.256 e. The molecule has 0 radical (unpaired) electrons. The fraction of sp³-hybridized carbons (Fsp3) is 0.333. The Morgan fingerprint density at radius 1 is 0.750 bits per heavy atom. The average molecular weight is 365 g/mol. The minimum Gasteiger partial charge on any atom is -0.256 e. The SMILES string of the molecule is NN1CC=C(C(F)(F)F)N1c1cc(C(F)(F)F)cc(C(F)(F)F)c1. The molecule has 0 aliphatic carbocycles. The number of hydrogen-bond donors (Lipinski definition) is 1. The van der Waals surface area contributed by atoms with Crippen molar-refractivity contribution in [1.82, 2.24) is 5.12 Å². The van der Waals surface area contributed by atoms with Crippen molar-refractivity contribution in [3.8, 4) is 0 Å². The summed E-state index contributed by atoms with van der Waals surface area (Å²) in [6.07, 6.45) is -14.8. The van der Waals surface area contributed by atoms with Crippen LogP contribution < -0.4 is 10.9 Å². The maximum atomic E-state index is 12.9. The van der Waals surface area contributed by atoms with Crippen LogP contribution in [-0.2, 0) is 12.4 Å². The number of rotatable bonds is 1. The first-order valence-corrected chi connectivity index (χ1v) is 6.10. The summed E-state index contributed by atoms with van der Waals surface area (Å²) in [5.74, 6) is 5.26. The molecule has 12 heteroatoms. The maximum absolute atomic E-state index is 12.9. The van der Waals surface area contributed by atoms with Gasteiger partial charge in [0.15, 0.2) is 0 Å². The molecule has 24 heavy (non-hydrogen) atoms. The summed E-state index contributed by atoms with van der Waals surface area (Å²) in [7, 11) is 0. The highest BCUT2D eigenvalue weighted by atomic mass is 19.4. The molecule has 1 aromatic carbocycles. The predicted molar refractivity (Wildman–Crippen MR) is 64.0 cm³/mol. The summed E-state index contributed by atoms with van der Waals surface area (Å²) in [6.45, 7) is -0.535. The van der Waals surface area contributed by atoms with Gasteiger partial charge < -0.3 is 0 Å². The van der Waals surface area contributed by atoms with E-state index in [1.165, 1.54) is 0 Å². The van der Waals surface area contributed by atoms with Crippen LogP contribution in [0.15, 0.2) is 30.0 Å². The molecule has 134 valence electrons. The number of nitrogens with two attached hydrogens (primary N) is 1. The highest BCUT2D eigenvalue weighted by Crippen LogP contribution is 2.41. The predicted octanol–water partition coefficient (Wildman–Crippen LogP) is 4.08. The Labute approximate surface area is 128 Å². The topological polar surface area (TPSA) is 32.5 Å². The van der Waals surface area contributed by atoms with E-state index >= 15 is 0 Å². The molecule has 0 spiro atoms. The van der Waals surface area contributed by atoms with E-state index < -0.39 is 47.6 Å². The van der Waals surface area contributed by atoms with Crippen molar-refractivity contribution in [1.29, 1.82) is 0 Å². The Bertz CT molecular complexity index is 625. The first kappa shape index (κ1) is 18.4. The highest BCUT2D eigenvalue weighted by molar-refractivity contribution is 5.57. The van der Waals surface area contributed by atoms with Gasteiger partial charge in [-0.15, -0.1) is 0 Å². The van der Waals surface area contributed by atoms with Crippen molar-refractivity contribution < 1.29 is 39.5 Å². The van der Waals surface area contributed by atoms with E-state index in [-0.39, 0.29) is 23.2 Å². The zero-order chi connectivity index (χ0) is 18.5. The van der Waals surface area contributed by atoms with E-state index in [4.69, 9.17) is 5.84 Å². The van der Waals surface area contributed by atoms with Gasteiger partial charge in [0.2, 0.25) is 0 Å². The van der Waals surface area contributed by atoms with Gasteiger partial charge in [0, 0.05) is 0 Å². The van der Waals surface area contributed by atoms with Gasteiger partial charge in [-0.25, -0.2) is 5.84 Å². The van der Waals surface area contributed by atoms with Crippen molar-refractivity contribution in [2.24, 2.45) is 5.84 Å². The number of nitrogens with zero attached hydrogens (tertiary/aromatic N) is 2. The van der Waals surface area contributed by atoms with Gasteiger partial charge in [-0.05, 0) is 24.3 Å². The molecule has 0 saturated carbocycles. The van der Waals surface area contributed by atoms with Crippen LogP contribution in [0, 0.1) is 0 Å². The summed E-state index contributed by atoms with van der Waals surface area (Å²) in [5.41, 5.74) is -5.96. The third kappa shape index (κ3) is 3.59. The summed E-state index contributed by atoms with van der Waals surface area (Å²) in [4.78, 5) is 0. The fourth-order valence-electron chi connectivity index (χ4n) is 2.07. The molecule has 2 N–H and O–H groups in total. The fourth-order valence-corrected chi connectivity index (χ4v) is 2.07. The lowest BCUT2D eigenvalue weighted by Crippen LogP contribution is -2.45. The molecule has 0 atom stereocenters. The first-order chi connectivity index (χ1) is 10.7. The molecule has 0 aromatic heterocycles. The van der Waals surface area contributed by atoms with E-state index in [9.17, 15) is 39.5 Å². The number of halogens is 9. The number of benzene rings is 1. The molecular formula is C12H8F9N3. The summed E-state index contributed by atoms with van der Waals surface area (Å²) < 4.78 is 115. The maximum Gasteiger partial charge on any atom is 0.432 e. The van der Waals surface area contributed by atoms with Crippen LogP contribution in [-0.4, -0.2) is 17.8 Å². The second-order valence-electron chi connectivity index (χ2n) is 4.79. The van der Waals surface area contributed by atoms with Crippen LogP contribution in [0.5, 0.6) is 0 Å². The number of hydrazine groups is 2. The Hall–Kier alpha value is -1.95. The van der Waals surface area contributed by atoms with Crippen molar-refractivity contribution in [3.63, 3.8) is 0 Å². The van der Waals surface area contributed by atoms with Crippen LogP contribution in [0.3, 0.4) is 0 Å². The van der Waals surface area contributed by atoms with E-state index in [1.807, 2.05) is 0 Å². The minimum absolute atomic E-state index is 0.0600. The largest absolute Gasteiger partial charge is 0.432 e. The number of hydrogen-bond acceptors (Lipinski definition) is 3. The molecule has 1 aliphatic rings. The molecule has 3 nitrogen and oxygen atoms in total. The quantitative estimate of drug-likeness (QED) is 0.601. The van der Waals surface area contributed by atoms with E-state index in [0.717, 1.165) is 0 Å². The summed E-state index contributed by atoms with van der Waals surface area (Å²) in [5, 5.41) is 0.420. The zero-order valence-corrected chi connectivity index (χ0v) is 11.4. The summed E-state index contributed by atoms with van der Waals surface area (Å²) in [6, 6.07) is 0.150. The van der Waals surface area contributed by atoms with E-state index in [0.29, 0.717) is 11.2 Å². The van der Waals surface area contributed by atoms with Gasteiger partial charge in [0.05, 0.1) is 23.4 Å². The van der Waals surface area contributed by atoms with Crippen LogP contribution >= 0.6 is 0 Å². The Morgan fingerprint density at radius 3 is 1.58 bits per heavy atom. The van der Waals surface area contributed by atoms with Gasteiger partial charge in [0.1, 0.15) is 5.70 Å². The minimum atomic E-state index is -5.18. The molecule has 1 aliphatic heterocycles. The van der Waals surface area contributed by atoms with Crippen LogP contribution in [0.25, 0.3) is 0 Å². The Kier molecular flexibility index (Phi) is 4.25. The standard InChI is InChI=1S/C12H8F9N3/c13-10(14,15)6-3-7(11(16,17)18)5-8(4-6)24-9(12(19,20)21)1-2-23(24)22/h1,3-5H,2,22H2. The second-order valence-corrected chi connectivity index (χ2v) is 4.79.